The Balaban J connectivity index is 2.73. The standard InChI is InChI=1S/C13H18FNO3/c1-9-6-10(4-5-11(9)14)7-15-13(2,8-16)12(17)18-3/h4-6,15-16H,7-8H2,1-3H3/t13-/m0/s1. The van der Waals surface area contributed by atoms with Crippen molar-refractivity contribution in [3.63, 3.8) is 0 Å². The molecule has 0 bridgehead atoms. The Morgan fingerprint density at radius 2 is 2.22 bits per heavy atom. The zero-order valence-corrected chi connectivity index (χ0v) is 10.8. The van der Waals surface area contributed by atoms with Crippen LogP contribution in [0.5, 0.6) is 0 Å². The van der Waals surface area contributed by atoms with Crippen molar-refractivity contribution in [2.45, 2.75) is 25.9 Å². The minimum absolute atomic E-state index is 0.267. The molecule has 0 saturated heterocycles. The SMILES string of the molecule is COC(=O)[C@](C)(CO)NCc1ccc(F)c(C)c1. The maximum Gasteiger partial charge on any atom is 0.328 e. The summed E-state index contributed by atoms with van der Waals surface area (Å²) in [5.74, 6) is -0.805. The molecule has 0 aliphatic heterocycles. The summed E-state index contributed by atoms with van der Waals surface area (Å²) in [4.78, 5) is 11.5. The number of halogens is 1. The van der Waals surface area contributed by atoms with E-state index in [1.807, 2.05) is 0 Å². The van der Waals surface area contributed by atoms with Crippen molar-refractivity contribution in [2.24, 2.45) is 0 Å². The van der Waals surface area contributed by atoms with E-state index in [0.717, 1.165) is 5.56 Å². The van der Waals surface area contributed by atoms with Crippen LogP contribution in [0, 0.1) is 12.7 Å². The Hall–Kier alpha value is -1.46. The smallest absolute Gasteiger partial charge is 0.328 e. The van der Waals surface area contributed by atoms with E-state index in [2.05, 4.69) is 10.1 Å². The second kappa shape index (κ2) is 5.93. The van der Waals surface area contributed by atoms with E-state index < -0.39 is 11.5 Å². The molecular weight excluding hydrogens is 237 g/mol. The van der Waals surface area contributed by atoms with Gasteiger partial charge in [-0.2, -0.15) is 0 Å². The van der Waals surface area contributed by atoms with Crippen LogP contribution in [0.3, 0.4) is 0 Å². The van der Waals surface area contributed by atoms with Crippen molar-refractivity contribution in [3.05, 3.63) is 35.1 Å². The quantitative estimate of drug-likeness (QED) is 0.775. The summed E-state index contributed by atoms with van der Waals surface area (Å²) in [6.45, 7) is 3.19. The number of benzene rings is 1. The van der Waals surface area contributed by atoms with Crippen molar-refractivity contribution in [1.82, 2.24) is 5.32 Å². The van der Waals surface area contributed by atoms with E-state index in [-0.39, 0.29) is 12.4 Å². The van der Waals surface area contributed by atoms with Crippen LogP contribution >= 0.6 is 0 Å². The predicted molar refractivity (Wildman–Crippen MR) is 65.5 cm³/mol. The normalized spacial score (nSPS) is 14.1. The average Bonchev–Trinajstić information content (AvgIpc) is 2.38. The molecule has 0 saturated carbocycles. The van der Waals surface area contributed by atoms with Crippen LogP contribution in [0.25, 0.3) is 0 Å². The lowest BCUT2D eigenvalue weighted by Crippen LogP contribution is -2.52. The number of carbonyl (C=O) groups is 1. The molecule has 0 amide bonds. The van der Waals surface area contributed by atoms with Gasteiger partial charge in [-0.05, 0) is 31.0 Å². The second-order valence-corrected chi connectivity index (χ2v) is 4.42. The number of esters is 1. The zero-order chi connectivity index (χ0) is 13.8. The molecule has 4 nitrogen and oxygen atoms in total. The van der Waals surface area contributed by atoms with E-state index in [4.69, 9.17) is 0 Å². The summed E-state index contributed by atoms with van der Waals surface area (Å²) in [6.07, 6.45) is 0. The van der Waals surface area contributed by atoms with Gasteiger partial charge in [-0.25, -0.2) is 9.18 Å². The van der Waals surface area contributed by atoms with Crippen LogP contribution in [0.4, 0.5) is 4.39 Å². The summed E-state index contributed by atoms with van der Waals surface area (Å²) in [6, 6.07) is 4.70. The molecule has 1 aromatic carbocycles. The lowest BCUT2D eigenvalue weighted by molar-refractivity contribution is -0.149. The number of ether oxygens (including phenoxy) is 1. The molecule has 0 spiro atoms. The van der Waals surface area contributed by atoms with Crippen LogP contribution in [0.1, 0.15) is 18.1 Å². The molecule has 18 heavy (non-hydrogen) atoms. The number of nitrogens with one attached hydrogen (secondary N) is 1. The summed E-state index contributed by atoms with van der Waals surface area (Å²) in [5, 5.41) is 12.2. The fourth-order valence-corrected chi connectivity index (χ4v) is 1.53. The molecule has 0 unspecified atom stereocenters. The molecule has 100 valence electrons. The van der Waals surface area contributed by atoms with Gasteiger partial charge in [0.25, 0.3) is 0 Å². The highest BCUT2D eigenvalue weighted by molar-refractivity contribution is 5.80. The number of aliphatic hydroxyl groups is 1. The third-order valence-corrected chi connectivity index (χ3v) is 2.86. The fourth-order valence-electron chi connectivity index (χ4n) is 1.53. The van der Waals surface area contributed by atoms with Crippen LogP contribution in [0.15, 0.2) is 18.2 Å². The molecule has 0 aliphatic carbocycles. The van der Waals surface area contributed by atoms with E-state index in [9.17, 15) is 14.3 Å². The number of carbonyl (C=O) groups excluding carboxylic acids is 1. The van der Waals surface area contributed by atoms with Gasteiger partial charge in [-0.1, -0.05) is 12.1 Å². The highest BCUT2D eigenvalue weighted by Gasteiger charge is 2.33. The first-order chi connectivity index (χ1) is 8.42. The van der Waals surface area contributed by atoms with Crippen LogP contribution in [0.2, 0.25) is 0 Å². The zero-order valence-electron chi connectivity index (χ0n) is 10.8. The minimum Gasteiger partial charge on any atom is -0.468 e. The predicted octanol–water partition coefficient (Wildman–Crippen LogP) is 1.15. The summed E-state index contributed by atoms with van der Waals surface area (Å²) >= 11 is 0. The lowest BCUT2D eigenvalue weighted by Gasteiger charge is -2.25. The molecule has 2 N–H and O–H groups in total. The highest BCUT2D eigenvalue weighted by atomic mass is 19.1. The summed E-state index contributed by atoms with van der Waals surface area (Å²) in [5.41, 5.74) is 0.215. The molecule has 1 atom stereocenters. The largest absolute Gasteiger partial charge is 0.468 e. The number of aliphatic hydroxyl groups excluding tert-OH is 1. The Kier molecular flexibility index (Phi) is 4.81. The van der Waals surface area contributed by atoms with Crippen molar-refractivity contribution in [2.75, 3.05) is 13.7 Å². The number of hydrogen-bond donors (Lipinski definition) is 2. The van der Waals surface area contributed by atoms with Gasteiger partial charge < -0.3 is 9.84 Å². The van der Waals surface area contributed by atoms with Gasteiger partial charge in [0.15, 0.2) is 0 Å². The van der Waals surface area contributed by atoms with Gasteiger partial charge in [0, 0.05) is 6.54 Å². The lowest BCUT2D eigenvalue weighted by atomic mass is 10.0. The van der Waals surface area contributed by atoms with E-state index in [1.165, 1.54) is 13.2 Å². The van der Waals surface area contributed by atoms with Gasteiger partial charge in [-0.15, -0.1) is 0 Å². The van der Waals surface area contributed by atoms with Crippen LogP contribution in [-0.2, 0) is 16.1 Å². The maximum absolute atomic E-state index is 13.1. The van der Waals surface area contributed by atoms with Crippen LogP contribution in [-0.4, -0.2) is 30.3 Å². The molecular formula is C13H18FNO3. The summed E-state index contributed by atoms with van der Waals surface area (Å²) < 4.78 is 17.7. The summed E-state index contributed by atoms with van der Waals surface area (Å²) in [7, 11) is 1.26. The first-order valence-corrected chi connectivity index (χ1v) is 5.62. The van der Waals surface area contributed by atoms with E-state index >= 15 is 0 Å². The number of hydrogen-bond acceptors (Lipinski definition) is 4. The molecule has 0 radical (unpaired) electrons. The van der Waals surface area contributed by atoms with Gasteiger partial charge in [0.2, 0.25) is 0 Å². The minimum atomic E-state index is -1.16. The van der Waals surface area contributed by atoms with Gasteiger partial charge in [0.1, 0.15) is 11.4 Å². The Labute approximate surface area is 106 Å². The van der Waals surface area contributed by atoms with Crippen molar-refractivity contribution >= 4 is 5.97 Å². The van der Waals surface area contributed by atoms with Gasteiger partial charge in [-0.3, -0.25) is 5.32 Å². The third-order valence-electron chi connectivity index (χ3n) is 2.86. The molecule has 0 aliphatic rings. The number of aryl methyl sites for hydroxylation is 1. The van der Waals surface area contributed by atoms with Crippen molar-refractivity contribution < 1.29 is 19.0 Å². The number of rotatable bonds is 5. The maximum atomic E-state index is 13.1. The molecule has 1 aromatic rings. The highest BCUT2D eigenvalue weighted by Crippen LogP contribution is 2.11. The van der Waals surface area contributed by atoms with E-state index in [0.29, 0.717) is 12.1 Å². The molecule has 0 fully saturated rings. The molecule has 0 heterocycles. The monoisotopic (exact) mass is 255 g/mol. The molecule has 1 rings (SSSR count). The average molecular weight is 255 g/mol. The number of methoxy groups -OCH3 is 1. The van der Waals surface area contributed by atoms with Gasteiger partial charge >= 0.3 is 5.97 Å². The van der Waals surface area contributed by atoms with Crippen molar-refractivity contribution in [1.29, 1.82) is 0 Å². The Morgan fingerprint density at radius 1 is 1.56 bits per heavy atom. The second-order valence-electron chi connectivity index (χ2n) is 4.42. The van der Waals surface area contributed by atoms with Crippen molar-refractivity contribution in [3.8, 4) is 0 Å². The fraction of sp³-hybridized carbons (Fsp3) is 0.462. The van der Waals surface area contributed by atoms with E-state index in [1.54, 1.807) is 26.0 Å². The molecule has 5 heteroatoms. The Bertz CT molecular complexity index is 436. The first kappa shape index (κ1) is 14.6. The third kappa shape index (κ3) is 3.27. The van der Waals surface area contributed by atoms with Crippen LogP contribution < -0.4 is 5.32 Å². The Morgan fingerprint density at radius 3 is 2.72 bits per heavy atom. The topological polar surface area (TPSA) is 58.6 Å². The first-order valence-electron chi connectivity index (χ1n) is 5.62. The molecule has 0 aromatic heterocycles. The van der Waals surface area contributed by atoms with Gasteiger partial charge in [0.05, 0.1) is 13.7 Å².